The van der Waals surface area contributed by atoms with Gasteiger partial charge in [-0.15, -0.1) is 0 Å². The van der Waals surface area contributed by atoms with Gasteiger partial charge in [0.25, 0.3) is 0 Å². The molecule has 0 bridgehead atoms. The number of ether oxygens (including phenoxy) is 1. The van der Waals surface area contributed by atoms with E-state index in [1.807, 2.05) is 19.1 Å². The summed E-state index contributed by atoms with van der Waals surface area (Å²) in [6.07, 6.45) is 2.72. The first kappa shape index (κ1) is 19.5. The summed E-state index contributed by atoms with van der Waals surface area (Å²) in [5, 5.41) is 10.1. The van der Waals surface area contributed by atoms with Crippen LogP contribution in [0, 0.1) is 5.92 Å². The van der Waals surface area contributed by atoms with E-state index in [9.17, 15) is 5.11 Å². The predicted octanol–water partition coefficient (Wildman–Crippen LogP) is 2.36. The van der Waals surface area contributed by atoms with Crippen molar-refractivity contribution >= 4 is 0 Å². The highest BCUT2D eigenvalue weighted by atomic mass is 16.5. The highest BCUT2D eigenvalue weighted by molar-refractivity contribution is 5.29. The van der Waals surface area contributed by atoms with E-state index in [1.54, 1.807) is 7.11 Å². The van der Waals surface area contributed by atoms with Gasteiger partial charge in [-0.3, -0.25) is 0 Å². The van der Waals surface area contributed by atoms with Gasteiger partial charge in [-0.05, 0) is 36.2 Å². The third-order valence-electron chi connectivity index (χ3n) is 4.53. The third kappa shape index (κ3) is 6.22. The average molecular weight is 346 g/mol. The van der Waals surface area contributed by atoms with E-state index < -0.39 is 0 Å². The lowest BCUT2D eigenvalue weighted by Crippen LogP contribution is -3.12. The molecule has 0 radical (unpaired) electrons. The average Bonchev–Trinajstić information content (AvgIpc) is 3.01. The molecule has 4 nitrogen and oxygen atoms in total. The number of nitrogens with zero attached hydrogens (tertiary/aromatic N) is 1. The van der Waals surface area contributed by atoms with Gasteiger partial charge < -0.3 is 19.3 Å². The number of hydrogen-bond acceptors (Lipinski definition) is 2. The van der Waals surface area contributed by atoms with Crippen LogP contribution in [0.3, 0.4) is 0 Å². The van der Waals surface area contributed by atoms with Crippen LogP contribution in [0.2, 0.25) is 0 Å². The molecule has 0 spiro atoms. The van der Waals surface area contributed by atoms with Crippen molar-refractivity contribution in [3.63, 3.8) is 0 Å². The summed E-state index contributed by atoms with van der Waals surface area (Å²) < 4.78 is 7.63. The maximum Gasteiger partial charge on any atom is 0.119 e. The van der Waals surface area contributed by atoms with Gasteiger partial charge in [-0.1, -0.05) is 32.9 Å². The Balaban J connectivity index is 2.09. The lowest BCUT2D eigenvalue weighted by atomic mass is 10.1. The second-order valence-electron chi connectivity index (χ2n) is 7.27. The number of quaternary nitrogens is 1. The van der Waals surface area contributed by atoms with Gasteiger partial charge in [0.05, 0.1) is 19.3 Å². The van der Waals surface area contributed by atoms with Crippen LogP contribution in [-0.4, -0.2) is 36.0 Å². The Labute approximate surface area is 152 Å². The molecule has 2 N–H and O–H groups in total. The Hall–Kier alpha value is -1.78. The first-order chi connectivity index (χ1) is 12.0. The molecule has 2 atom stereocenters. The molecule has 1 unspecified atom stereocenters. The SMILES string of the molecule is CC[C@H](O)C[NH+](Cc1cccn1Cc1cccc(OC)c1)CC(C)C. The van der Waals surface area contributed by atoms with Crippen molar-refractivity contribution < 1.29 is 14.7 Å². The number of methoxy groups -OCH3 is 1. The second-order valence-corrected chi connectivity index (χ2v) is 7.27. The van der Waals surface area contributed by atoms with Crippen LogP contribution in [-0.2, 0) is 13.1 Å². The smallest absolute Gasteiger partial charge is 0.119 e. The van der Waals surface area contributed by atoms with Crippen LogP contribution in [0.4, 0.5) is 0 Å². The number of benzene rings is 1. The molecule has 25 heavy (non-hydrogen) atoms. The fourth-order valence-electron chi connectivity index (χ4n) is 3.27. The predicted molar refractivity (Wildman–Crippen MR) is 102 cm³/mol. The Kier molecular flexibility index (Phi) is 7.53. The Morgan fingerprint density at radius 3 is 2.64 bits per heavy atom. The quantitative estimate of drug-likeness (QED) is 0.694. The number of nitrogens with one attached hydrogen (secondary N) is 1. The Morgan fingerprint density at radius 2 is 1.96 bits per heavy atom. The van der Waals surface area contributed by atoms with Gasteiger partial charge in [-0.25, -0.2) is 0 Å². The lowest BCUT2D eigenvalue weighted by Gasteiger charge is -2.24. The van der Waals surface area contributed by atoms with Crippen molar-refractivity contribution in [2.45, 2.75) is 46.4 Å². The molecule has 0 saturated heterocycles. The standard InChI is InChI=1S/C21H32N2O2/c1-5-20(24)16-22(13-17(2)3)15-19-9-7-11-23(19)14-18-8-6-10-21(12-18)25-4/h6-12,17,20,24H,5,13-16H2,1-4H3/p+1/t20-/m0/s1. The minimum Gasteiger partial charge on any atom is -0.497 e. The van der Waals surface area contributed by atoms with Crippen molar-refractivity contribution in [2.24, 2.45) is 5.92 Å². The van der Waals surface area contributed by atoms with Crippen molar-refractivity contribution in [1.29, 1.82) is 0 Å². The van der Waals surface area contributed by atoms with Gasteiger partial charge in [0.15, 0.2) is 0 Å². The molecular weight excluding hydrogens is 312 g/mol. The van der Waals surface area contributed by atoms with E-state index in [-0.39, 0.29) is 6.10 Å². The molecule has 1 aromatic carbocycles. The summed E-state index contributed by atoms with van der Waals surface area (Å²) in [4.78, 5) is 1.44. The zero-order valence-corrected chi connectivity index (χ0v) is 16.0. The van der Waals surface area contributed by atoms with E-state index in [0.717, 1.165) is 38.3 Å². The Bertz CT molecular complexity index is 636. The van der Waals surface area contributed by atoms with Gasteiger partial charge >= 0.3 is 0 Å². The molecule has 2 aromatic rings. The monoisotopic (exact) mass is 345 g/mol. The summed E-state index contributed by atoms with van der Waals surface area (Å²) >= 11 is 0. The molecule has 2 rings (SSSR count). The number of aliphatic hydroxyl groups is 1. The summed E-state index contributed by atoms with van der Waals surface area (Å²) in [6, 6.07) is 12.5. The first-order valence-corrected chi connectivity index (χ1v) is 9.30. The number of aromatic nitrogens is 1. The molecule has 4 heteroatoms. The van der Waals surface area contributed by atoms with Crippen LogP contribution in [0.15, 0.2) is 42.6 Å². The molecule has 138 valence electrons. The molecule has 1 aromatic heterocycles. The van der Waals surface area contributed by atoms with Crippen molar-refractivity contribution in [3.8, 4) is 5.75 Å². The topological polar surface area (TPSA) is 38.8 Å². The molecule has 0 amide bonds. The highest BCUT2D eigenvalue weighted by Gasteiger charge is 2.17. The first-order valence-electron chi connectivity index (χ1n) is 9.30. The minimum atomic E-state index is -0.226. The summed E-state index contributed by atoms with van der Waals surface area (Å²) in [6.45, 7) is 10.2. The van der Waals surface area contributed by atoms with Gasteiger partial charge in [0.2, 0.25) is 0 Å². The van der Waals surface area contributed by atoms with Crippen LogP contribution >= 0.6 is 0 Å². The van der Waals surface area contributed by atoms with Crippen LogP contribution in [0.5, 0.6) is 5.75 Å². The zero-order chi connectivity index (χ0) is 18.2. The summed E-state index contributed by atoms with van der Waals surface area (Å²) in [7, 11) is 1.70. The van der Waals surface area contributed by atoms with E-state index in [2.05, 4.69) is 48.9 Å². The van der Waals surface area contributed by atoms with Crippen LogP contribution < -0.4 is 9.64 Å². The number of hydrogen-bond donors (Lipinski definition) is 2. The fraction of sp³-hybridized carbons (Fsp3) is 0.524. The molecule has 0 aliphatic carbocycles. The third-order valence-corrected chi connectivity index (χ3v) is 4.53. The molecule has 0 aliphatic heterocycles. The van der Waals surface area contributed by atoms with E-state index in [0.29, 0.717) is 5.92 Å². The van der Waals surface area contributed by atoms with Gasteiger partial charge in [-0.2, -0.15) is 0 Å². The van der Waals surface area contributed by atoms with Crippen molar-refractivity contribution in [3.05, 3.63) is 53.9 Å². The van der Waals surface area contributed by atoms with E-state index >= 15 is 0 Å². The van der Waals surface area contributed by atoms with Gasteiger partial charge in [0.1, 0.15) is 24.9 Å². The number of rotatable bonds is 10. The van der Waals surface area contributed by atoms with Gasteiger partial charge in [0, 0.05) is 18.7 Å². The molecule has 0 saturated carbocycles. The largest absolute Gasteiger partial charge is 0.497 e. The van der Waals surface area contributed by atoms with Crippen molar-refractivity contribution in [1.82, 2.24) is 4.57 Å². The van der Waals surface area contributed by atoms with E-state index in [4.69, 9.17) is 4.74 Å². The molecule has 0 aliphatic rings. The minimum absolute atomic E-state index is 0.226. The Morgan fingerprint density at radius 1 is 1.16 bits per heavy atom. The maximum atomic E-state index is 10.1. The zero-order valence-electron chi connectivity index (χ0n) is 16.0. The normalized spacial score (nSPS) is 13.8. The van der Waals surface area contributed by atoms with E-state index in [1.165, 1.54) is 16.2 Å². The van der Waals surface area contributed by atoms with Crippen molar-refractivity contribution in [2.75, 3.05) is 20.2 Å². The second kappa shape index (κ2) is 9.64. The summed E-state index contributed by atoms with van der Waals surface area (Å²) in [5.74, 6) is 1.50. The molecule has 0 fully saturated rings. The number of aliphatic hydroxyl groups excluding tert-OH is 1. The van der Waals surface area contributed by atoms with Crippen LogP contribution in [0.1, 0.15) is 38.4 Å². The maximum absolute atomic E-state index is 10.1. The molecule has 1 heterocycles. The highest BCUT2D eigenvalue weighted by Crippen LogP contribution is 2.14. The summed E-state index contributed by atoms with van der Waals surface area (Å²) in [5.41, 5.74) is 2.54. The molecular formula is C21H33N2O2+. The fourth-order valence-corrected chi connectivity index (χ4v) is 3.27. The van der Waals surface area contributed by atoms with Crippen LogP contribution in [0.25, 0.3) is 0 Å². The lowest BCUT2D eigenvalue weighted by molar-refractivity contribution is -0.920.